The van der Waals surface area contributed by atoms with Crippen LogP contribution in [0, 0.1) is 5.82 Å². The number of benzene rings is 1. The van der Waals surface area contributed by atoms with Crippen LogP contribution in [0.15, 0.2) is 42.5 Å². The molecule has 1 aromatic carbocycles. The average Bonchev–Trinajstić information content (AvgIpc) is 2.38. The lowest BCUT2D eigenvalue weighted by Crippen LogP contribution is -2.27. The summed E-state index contributed by atoms with van der Waals surface area (Å²) in [7, 11) is 0. The maximum absolute atomic E-state index is 13.1. The Kier molecular flexibility index (Phi) is 3.75. The summed E-state index contributed by atoms with van der Waals surface area (Å²) in [6.07, 6.45) is 0. The minimum Gasteiger partial charge on any atom is -0.384 e. The SMILES string of the molecule is CC(NC(=O)c1cccc(N)n1)c1cccc(F)c1. The van der Waals surface area contributed by atoms with Crippen LogP contribution in [0.3, 0.4) is 0 Å². The summed E-state index contributed by atoms with van der Waals surface area (Å²) in [5.41, 5.74) is 6.45. The van der Waals surface area contributed by atoms with Crippen molar-refractivity contribution in [3.05, 3.63) is 59.5 Å². The van der Waals surface area contributed by atoms with Crippen molar-refractivity contribution < 1.29 is 9.18 Å². The molecular formula is C14H14FN3O. The number of pyridine rings is 1. The standard InChI is InChI=1S/C14H14FN3O/c1-9(10-4-2-5-11(15)8-10)17-14(19)12-6-3-7-13(16)18-12/h2-9H,1H3,(H2,16,18)(H,17,19). The van der Waals surface area contributed by atoms with Gasteiger partial charge in [-0.3, -0.25) is 4.79 Å². The van der Waals surface area contributed by atoms with Crippen LogP contribution < -0.4 is 11.1 Å². The number of carbonyl (C=O) groups is 1. The van der Waals surface area contributed by atoms with Gasteiger partial charge in [0.25, 0.3) is 5.91 Å². The number of aromatic nitrogens is 1. The van der Waals surface area contributed by atoms with E-state index in [1.165, 1.54) is 12.1 Å². The van der Waals surface area contributed by atoms with Crippen molar-refractivity contribution in [3.63, 3.8) is 0 Å². The van der Waals surface area contributed by atoms with Gasteiger partial charge in [0, 0.05) is 0 Å². The van der Waals surface area contributed by atoms with Gasteiger partial charge in [0.15, 0.2) is 0 Å². The number of hydrogen-bond donors (Lipinski definition) is 2. The van der Waals surface area contributed by atoms with Gasteiger partial charge in [-0.25, -0.2) is 9.37 Å². The zero-order chi connectivity index (χ0) is 13.8. The first-order valence-corrected chi connectivity index (χ1v) is 5.85. The first-order valence-electron chi connectivity index (χ1n) is 5.85. The zero-order valence-electron chi connectivity index (χ0n) is 10.4. The van der Waals surface area contributed by atoms with Crippen molar-refractivity contribution in [2.24, 2.45) is 0 Å². The van der Waals surface area contributed by atoms with E-state index in [0.29, 0.717) is 5.56 Å². The maximum Gasteiger partial charge on any atom is 0.270 e. The lowest BCUT2D eigenvalue weighted by atomic mass is 10.1. The zero-order valence-corrected chi connectivity index (χ0v) is 10.4. The third kappa shape index (κ3) is 3.28. The average molecular weight is 259 g/mol. The number of hydrogen-bond acceptors (Lipinski definition) is 3. The van der Waals surface area contributed by atoms with Gasteiger partial charge in [-0.15, -0.1) is 0 Å². The summed E-state index contributed by atoms with van der Waals surface area (Å²) in [5, 5.41) is 2.74. The molecule has 4 nitrogen and oxygen atoms in total. The molecule has 0 fully saturated rings. The Morgan fingerprint density at radius 3 is 2.74 bits per heavy atom. The molecule has 98 valence electrons. The fourth-order valence-electron chi connectivity index (χ4n) is 1.71. The Morgan fingerprint density at radius 1 is 1.32 bits per heavy atom. The van der Waals surface area contributed by atoms with E-state index in [-0.39, 0.29) is 29.3 Å². The Labute approximate surface area is 110 Å². The minimum atomic E-state index is -0.343. The molecule has 0 spiro atoms. The lowest BCUT2D eigenvalue weighted by Gasteiger charge is -2.14. The molecule has 0 aliphatic carbocycles. The van der Waals surface area contributed by atoms with Gasteiger partial charge in [0.05, 0.1) is 6.04 Å². The highest BCUT2D eigenvalue weighted by Crippen LogP contribution is 2.14. The summed E-state index contributed by atoms with van der Waals surface area (Å²) in [4.78, 5) is 15.9. The Morgan fingerprint density at radius 2 is 2.05 bits per heavy atom. The highest BCUT2D eigenvalue weighted by Gasteiger charge is 2.13. The Balaban J connectivity index is 2.11. The maximum atomic E-state index is 13.1. The van der Waals surface area contributed by atoms with Crippen LogP contribution in [0.1, 0.15) is 29.0 Å². The Bertz CT molecular complexity index is 601. The molecular weight excluding hydrogens is 245 g/mol. The van der Waals surface area contributed by atoms with Gasteiger partial charge in [-0.1, -0.05) is 18.2 Å². The largest absolute Gasteiger partial charge is 0.384 e. The normalized spacial score (nSPS) is 11.9. The fourth-order valence-corrected chi connectivity index (χ4v) is 1.71. The first kappa shape index (κ1) is 13.0. The van der Waals surface area contributed by atoms with Crippen LogP contribution in [-0.2, 0) is 0 Å². The molecule has 1 heterocycles. The molecule has 1 aromatic heterocycles. The number of halogens is 1. The smallest absolute Gasteiger partial charge is 0.270 e. The van der Waals surface area contributed by atoms with Crippen molar-refractivity contribution in [1.29, 1.82) is 0 Å². The van der Waals surface area contributed by atoms with Gasteiger partial charge in [0.1, 0.15) is 17.3 Å². The highest BCUT2D eigenvalue weighted by atomic mass is 19.1. The fraction of sp³-hybridized carbons (Fsp3) is 0.143. The predicted molar refractivity (Wildman–Crippen MR) is 70.9 cm³/mol. The van der Waals surface area contributed by atoms with Crippen molar-refractivity contribution in [2.75, 3.05) is 5.73 Å². The Hall–Kier alpha value is -2.43. The molecule has 0 bridgehead atoms. The van der Waals surface area contributed by atoms with E-state index in [2.05, 4.69) is 10.3 Å². The molecule has 0 saturated carbocycles. The van der Waals surface area contributed by atoms with Gasteiger partial charge in [-0.05, 0) is 36.8 Å². The molecule has 19 heavy (non-hydrogen) atoms. The molecule has 2 rings (SSSR count). The number of amides is 1. The molecule has 1 unspecified atom stereocenters. The number of nitrogens with zero attached hydrogens (tertiary/aromatic N) is 1. The van der Waals surface area contributed by atoms with E-state index in [9.17, 15) is 9.18 Å². The van der Waals surface area contributed by atoms with E-state index < -0.39 is 0 Å². The van der Waals surface area contributed by atoms with Crippen molar-refractivity contribution in [1.82, 2.24) is 10.3 Å². The van der Waals surface area contributed by atoms with E-state index in [1.807, 2.05) is 0 Å². The number of carbonyl (C=O) groups excluding carboxylic acids is 1. The van der Waals surface area contributed by atoms with Gasteiger partial charge in [-0.2, -0.15) is 0 Å². The van der Waals surface area contributed by atoms with Gasteiger partial charge in [0.2, 0.25) is 0 Å². The minimum absolute atomic E-state index is 0.239. The molecule has 0 saturated heterocycles. The summed E-state index contributed by atoms with van der Waals surface area (Å²) >= 11 is 0. The molecule has 3 N–H and O–H groups in total. The lowest BCUT2D eigenvalue weighted by molar-refractivity contribution is 0.0935. The van der Waals surface area contributed by atoms with Crippen molar-refractivity contribution in [2.45, 2.75) is 13.0 Å². The van der Waals surface area contributed by atoms with Crippen molar-refractivity contribution in [3.8, 4) is 0 Å². The topological polar surface area (TPSA) is 68.0 Å². The van der Waals surface area contributed by atoms with Gasteiger partial charge < -0.3 is 11.1 Å². The van der Waals surface area contributed by atoms with Crippen LogP contribution in [-0.4, -0.2) is 10.9 Å². The number of nitrogens with one attached hydrogen (secondary N) is 1. The number of nitrogens with two attached hydrogens (primary N) is 1. The third-order valence-corrected chi connectivity index (χ3v) is 2.70. The molecule has 0 aliphatic rings. The molecule has 1 amide bonds. The van der Waals surface area contributed by atoms with Crippen LogP contribution in [0.25, 0.3) is 0 Å². The summed E-state index contributed by atoms with van der Waals surface area (Å²) in [5.74, 6) is -0.393. The monoisotopic (exact) mass is 259 g/mol. The molecule has 1 atom stereocenters. The van der Waals surface area contributed by atoms with E-state index >= 15 is 0 Å². The van der Waals surface area contributed by atoms with Crippen LogP contribution in [0.2, 0.25) is 0 Å². The van der Waals surface area contributed by atoms with Crippen molar-refractivity contribution >= 4 is 11.7 Å². The number of rotatable bonds is 3. The first-order chi connectivity index (χ1) is 9.06. The van der Waals surface area contributed by atoms with Crippen LogP contribution >= 0.6 is 0 Å². The van der Waals surface area contributed by atoms with E-state index in [0.717, 1.165) is 0 Å². The van der Waals surface area contributed by atoms with Gasteiger partial charge >= 0.3 is 0 Å². The molecule has 0 aliphatic heterocycles. The summed E-state index contributed by atoms with van der Waals surface area (Å²) in [6.45, 7) is 1.78. The highest BCUT2D eigenvalue weighted by molar-refractivity contribution is 5.92. The molecule has 0 radical (unpaired) electrons. The second kappa shape index (κ2) is 5.48. The summed E-state index contributed by atoms with van der Waals surface area (Å²) < 4.78 is 13.1. The molecule has 2 aromatic rings. The van der Waals surface area contributed by atoms with E-state index in [4.69, 9.17) is 5.73 Å². The number of nitrogen functional groups attached to an aromatic ring is 1. The summed E-state index contributed by atoms with van der Waals surface area (Å²) in [6, 6.07) is 10.6. The quantitative estimate of drug-likeness (QED) is 0.888. The second-order valence-corrected chi connectivity index (χ2v) is 4.20. The third-order valence-electron chi connectivity index (χ3n) is 2.70. The number of anilines is 1. The van der Waals surface area contributed by atoms with Crippen LogP contribution in [0.5, 0.6) is 0 Å². The molecule has 5 heteroatoms. The van der Waals surface area contributed by atoms with E-state index in [1.54, 1.807) is 37.3 Å². The van der Waals surface area contributed by atoms with Crippen LogP contribution in [0.4, 0.5) is 10.2 Å². The second-order valence-electron chi connectivity index (χ2n) is 4.20. The predicted octanol–water partition coefficient (Wildman–Crippen LogP) is 2.29.